The van der Waals surface area contributed by atoms with Gasteiger partial charge in [0, 0.05) is 19.0 Å². The summed E-state index contributed by atoms with van der Waals surface area (Å²) in [5.74, 6) is -1.54. The van der Waals surface area contributed by atoms with Crippen molar-refractivity contribution in [2.45, 2.75) is 12.8 Å². The number of hydrogen-bond donors (Lipinski definition) is 1. The predicted octanol–water partition coefficient (Wildman–Crippen LogP) is 2.25. The first kappa shape index (κ1) is 16.2. The van der Waals surface area contributed by atoms with Crippen LogP contribution in [0.15, 0.2) is 21.5 Å². The maximum atomic E-state index is 12.2. The average molecular weight is 342 g/mol. The Bertz CT molecular complexity index is 681. The molecule has 10 heteroatoms. The quantitative estimate of drug-likeness (QED) is 0.362. The van der Waals surface area contributed by atoms with Gasteiger partial charge in [-0.1, -0.05) is 24.0 Å². The van der Waals surface area contributed by atoms with Crippen molar-refractivity contribution in [3.8, 4) is 0 Å². The second-order valence-electron chi connectivity index (χ2n) is 4.26. The van der Waals surface area contributed by atoms with Crippen LogP contribution in [0.4, 0.5) is 5.88 Å². The lowest BCUT2D eigenvalue weighted by Crippen LogP contribution is -2.29. The molecule has 0 spiro atoms. The third-order valence-electron chi connectivity index (χ3n) is 2.71. The van der Waals surface area contributed by atoms with Gasteiger partial charge in [-0.15, -0.1) is 0 Å². The Morgan fingerprint density at radius 2 is 2.27 bits per heavy atom. The normalized spacial score (nSPS) is 16.5. The van der Waals surface area contributed by atoms with Gasteiger partial charge in [0.2, 0.25) is 0 Å². The molecule has 1 aliphatic heterocycles. The number of carbonyl (C=O) groups is 2. The number of amides is 1. The lowest BCUT2D eigenvalue weighted by atomic mass is 10.3. The number of thioether (sulfide) groups is 1. The summed E-state index contributed by atoms with van der Waals surface area (Å²) < 4.78 is 5.28. The van der Waals surface area contributed by atoms with Gasteiger partial charge in [0.05, 0.1) is 11.0 Å². The Labute approximate surface area is 133 Å². The molecule has 1 aromatic rings. The summed E-state index contributed by atoms with van der Waals surface area (Å²) in [5, 5.41) is 19.1. The van der Waals surface area contributed by atoms with Crippen molar-refractivity contribution < 1.29 is 24.0 Å². The molecule has 116 valence electrons. The predicted molar refractivity (Wildman–Crippen MR) is 82.1 cm³/mol. The van der Waals surface area contributed by atoms with Gasteiger partial charge in [0.1, 0.15) is 15.0 Å². The maximum absolute atomic E-state index is 12.2. The second-order valence-corrected chi connectivity index (χ2v) is 5.94. The fraction of sp³-hybridized carbons (Fsp3) is 0.250. The first-order chi connectivity index (χ1) is 10.4. The number of nitro groups is 1. The highest BCUT2D eigenvalue weighted by atomic mass is 32.2. The van der Waals surface area contributed by atoms with Crippen molar-refractivity contribution in [3.63, 3.8) is 0 Å². The number of thiocarbonyl (C=S) groups is 1. The average Bonchev–Trinajstić information content (AvgIpc) is 2.99. The van der Waals surface area contributed by atoms with Crippen LogP contribution in [-0.4, -0.2) is 37.7 Å². The molecule has 0 saturated carbocycles. The van der Waals surface area contributed by atoms with Gasteiger partial charge in [-0.05, 0) is 12.5 Å². The number of carbonyl (C=O) groups excluding carboxylic acids is 1. The molecule has 0 aromatic carbocycles. The smallest absolute Gasteiger partial charge is 0.433 e. The summed E-state index contributed by atoms with van der Waals surface area (Å²) in [4.78, 5) is 34.1. The zero-order chi connectivity index (χ0) is 16.3. The molecule has 8 nitrogen and oxygen atoms in total. The SMILES string of the molecule is O=C(O)CCCN1C(=O)C(=Cc2ccc([N+](=O)[O-])o2)SC1=S. The van der Waals surface area contributed by atoms with Crippen molar-refractivity contribution >= 4 is 52.1 Å². The molecule has 1 aliphatic rings. The van der Waals surface area contributed by atoms with E-state index >= 15 is 0 Å². The highest BCUT2D eigenvalue weighted by Crippen LogP contribution is 2.33. The van der Waals surface area contributed by atoms with Crippen LogP contribution in [0.3, 0.4) is 0 Å². The molecular formula is C12H10N2O6S2. The first-order valence-electron chi connectivity index (χ1n) is 6.10. The molecule has 0 aliphatic carbocycles. The minimum Gasteiger partial charge on any atom is -0.481 e. The number of hydrogen-bond acceptors (Lipinski definition) is 7. The fourth-order valence-electron chi connectivity index (χ4n) is 1.73. The van der Waals surface area contributed by atoms with E-state index in [2.05, 4.69) is 0 Å². The molecule has 22 heavy (non-hydrogen) atoms. The van der Waals surface area contributed by atoms with E-state index in [0.29, 0.717) is 10.7 Å². The number of aliphatic carboxylic acids is 1. The molecule has 0 unspecified atom stereocenters. The van der Waals surface area contributed by atoms with E-state index in [-0.39, 0.29) is 29.5 Å². The molecule has 1 fully saturated rings. The first-order valence-corrected chi connectivity index (χ1v) is 7.32. The van der Waals surface area contributed by atoms with Crippen LogP contribution in [-0.2, 0) is 9.59 Å². The molecule has 0 bridgehead atoms. The molecule has 0 radical (unpaired) electrons. The Hall–Kier alpha value is -2.20. The van der Waals surface area contributed by atoms with Crippen molar-refractivity contribution in [1.29, 1.82) is 0 Å². The summed E-state index contributed by atoms with van der Waals surface area (Å²) >= 11 is 6.12. The van der Waals surface area contributed by atoms with E-state index < -0.39 is 16.8 Å². The topological polar surface area (TPSA) is 114 Å². The van der Waals surface area contributed by atoms with Crippen LogP contribution in [0.25, 0.3) is 6.08 Å². The Kier molecular flexibility index (Phi) is 4.93. The second kappa shape index (κ2) is 6.71. The Morgan fingerprint density at radius 1 is 1.55 bits per heavy atom. The van der Waals surface area contributed by atoms with Gasteiger partial charge >= 0.3 is 11.9 Å². The monoisotopic (exact) mass is 342 g/mol. The van der Waals surface area contributed by atoms with Crippen LogP contribution < -0.4 is 0 Å². The van der Waals surface area contributed by atoms with E-state index in [4.69, 9.17) is 21.7 Å². The molecule has 1 amide bonds. The number of rotatable bonds is 6. The van der Waals surface area contributed by atoms with E-state index in [1.165, 1.54) is 23.1 Å². The van der Waals surface area contributed by atoms with Crippen LogP contribution in [0, 0.1) is 10.1 Å². The maximum Gasteiger partial charge on any atom is 0.433 e. The van der Waals surface area contributed by atoms with E-state index in [1.54, 1.807) is 0 Å². The summed E-state index contributed by atoms with van der Waals surface area (Å²) in [6.07, 6.45) is 1.62. The van der Waals surface area contributed by atoms with E-state index in [0.717, 1.165) is 11.8 Å². The molecule has 0 atom stereocenters. The summed E-state index contributed by atoms with van der Waals surface area (Å²) in [6, 6.07) is 2.58. The summed E-state index contributed by atoms with van der Waals surface area (Å²) in [5.41, 5.74) is 0. The number of furan rings is 1. The van der Waals surface area contributed by atoms with Crippen LogP contribution >= 0.6 is 24.0 Å². The largest absolute Gasteiger partial charge is 0.481 e. The number of nitrogens with zero attached hydrogens (tertiary/aromatic N) is 2. The summed E-state index contributed by atoms with van der Waals surface area (Å²) in [7, 11) is 0. The van der Waals surface area contributed by atoms with Crippen molar-refractivity contribution in [3.05, 3.63) is 32.9 Å². The fourth-order valence-corrected chi connectivity index (χ4v) is 3.02. The van der Waals surface area contributed by atoms with Gasteiger partial charge < -0.3 is 9.52 Å². The Balaban J connectivity index is 2.08. The molecule has 1 saturated heterocycles. The third kappa shape index (κ3) is 3.71. The molecule has 1 aromatic heterocycles. The molecule has 2 heterocycles. The van der Waals surface area contributed by atoms with Crippen LogP contribution in [0.1, 0.15) is 18.6 Å². The van der Waals surface area contributed by atoms with Crippen molar-refractivity contribution in [1.82, 2.24) is 4.90 Å². The Morgan fingerprint density at radius 3 is 2.86 bits per heavy atom. The minimum absolute atomic E-state index is 0.0551. The van der Waals surface area contributed by atoms with Crippen LogP contribution in [0.2, 0.25) is 0 Å². The molecule has 1 N–H and O–H groups in total. The summed E-state index contributed by atoms with van der Waals surface area (Å²) in [6.45, 7) is 0.215. The standard InChI is InChI=1S/C12H10N2O6S2/c15-10(16)2-1-5-13-11(17)8(22-12(13)21)6-7-3-4-9(20-7)14(18)19/h3-4,6H,1-2,5H2,(H,15,16). The lowest BCUT2D eigenvalue weighted by Gasteiger charge is -2.12. The molecule has 2 rings (SSSR count). The van der Waals surface area contributed by atoms with Gasteiger partial charge in [-0.2, -0.15) is 0 Å². The lowest BCUT2D eigenvalue weighted by molar-refractivity contribution is -0.402. The zero-order valence-corrected chi connectivity index (χ0v) is 12.7. The van der Waals surface area contributed by atoms with Gasteiger partial charge in [-0.25, -0.2) is 0 Å². The highest BCUT2D eigenvalue weighted by Gasteiger charge is 2.32. The minimum atomic E-state index is -0.941. The van der Waals surface area contributed by atoms with E-state index in [1.807, 2.05) is 0 Å². The number of carboxylic acids is 1. The highest BCUT2D eigenvalue weighted by molar-refractivity contribution is 8.26. The number of carboxylic acid groups (broad SMARTS) is 1. The van der Waals surface area contributed by atoms with E-state index in [9.17, 15) is 19.7 Å². The van der Waals surface area contributed by atoms with Crippen LogP contribution in [0.5, 0.6) is 0 Å². The molecular weight excluding hydrogens is 332 g/mol. The zero-order valence-electron chi connectivity index (χ0n) is 11.1. The third-order valence-corrected chi connectivity index (χ3v) is 4.09. The van der Waals surface area contributed by atoms with Crippen molar-refractivity contribution in [2.75, 3.05) is 6.54 Å². The van der Waals surface area contributed by atoms with Gasteiger partial charge in [0.15, 0.2) is 0 Å². The van der Waals surface area contributed by atoms with Gasteiger partial charge in [-0.3, -0.25) is 24.6 Å². The van der Waals surface area contributed by atoms with Crippen molar-refractivity contribution in [2.24, 2.45) is 0 Å². The van der Waals surface area contributed by atoms with Gasteiger partial charge in [0.25, 0.3) is 5.91 Å².